The monoisotopic (exact) mass is 217 g/mol. The number of likely N-dealkylation sites (tertiary alicyclic amines) is 1. The summed E-state index contributed by atoms with van der Waals surface area (Å²) in [6.07, 6.45) is -1.45. The number of allylic oxidation sites excluding steroid dienone is 3. The van der Waals surface area contributed by atoms with Gasteiger partial charge in [-0.05, 0) is 25.8 Å². The minimum Gasteiger partial charge on any atom is -0.346 e. The number of hydrogen-bond donors (Lipinski definition) is 0. The van der Waals surface area contributed by atoms with Crippen LogP contribution in [0.5, 0.6) is 0 Å². The molecule has 1 saturated heterocycles. The molecule has 0 radical (unpaired) electrons. The van der Waals surface area contributed by atoms with Crippen LogP contribution < -0.4 is 0 Å². The quantitative estimate of drug-likeness (QED) is 0.638. The highest BCUT2D eigenvalue weighted by molar-refractivity contribution is 5.26. The summed E-state index contributed by atoms with van der Waals surface area (Å²) in [6, 6.07) is 0. The highest BCUT2D eigenvalue weighted by atomic mass is 19.4. The van der Waals surface area contributed by atoms with Crippen molar-refractivity contribution in [2.45, 2.75) is 25.9 Å². The fourth-order valence-electron chi connectivity index (χ4n) is 1.49. The van der Waals surface area contributed by atoms with E-state index in [0.717, 1.165) is 31.5 Å². The highest BCUT2D eigenvalue weighted by Gasteiger charge is 2.30. The van der Waals surface area contributed by atoms with Crippen molar-refractivity contribution in [2.75, 3.05) is 6.54 Å². The summed E-state index contributed by atoms with van der Waals surface area (Å²) in [4.78, 5) is 1.73. The first-order chi connectivity index (χ1) is 6.82. The molecule has 15 heavy (non-hydrogen) atoms. The molecule has 0 aliphatic carbocycles. The lowest BCUT2D eigenvalue weighted by atomic mass is 10.2. The largest absolute Gasteiger partial charge is 0.412 e. The summed E-state index contributed by atoms with van der Waals surface area (Å²) in [7, 11) is 0. The van der Waals surface area contributed by atoms with Gasteiger partial charge in [0.1, 0.15) is 0 Å². The molecule has 1 rings (SSSR count). The zero-order valence-corrected chi connectivity index (χ0v) is 8.69. The van der Waals surface area contributed by atoms with Gasteiger partial charge in [0.25, 0.3) is 0 Å². The summed E-state index contributed by atoms with van der Waals surface area (Å²) < 4.78 is 36.7. The number of hydrogen-bond acceptors (Lipinski definition) is 1. The second kappa shape index (κ2) is 4.13. The molecule has 0 aromatic carbocycles. The van der Waals surface area contributed by atoms with Crippen molar-refractivity contribution in [1.29, 1.82) is 0 Å². The first-order valence-electron chi connectivity index (χ1n) is 4.72. The number of halogens is 3. The fourth-order valence-corrected chi connectivity index (χ4v) is 1.49. The Morgan fingerprint density at radius 1 is 1.47 bits per heavy atom. The van der Waals surface area contributed by atoms with E-state index in [1.807, 2.05) is 0 Å². The zero-order chi connectivity index (χ0) is 11.6. The molecular formula is C11H14F3N. The van der Waals surface area contributed by atoms with Crippen LogP contribution in [-0.2, 0) is 0 Å². The van der Waals surface area contributed by atoms with E-state index < -0.39 is 11.7 Å². The molecule has 0 bridgehead atoms. The molecule has 0 spiro atoms. The first-order valence-corrected chi connectivity index (χ1v) is 4.72. The van der Waals surface area contributed by atoms with Crippen LogP contribution in [0.3, 0.4) is 0 Å². The van der Waals surface area contributed by atoms with Crippen molar-refractivity contribution >= 4 is 0 Å². The third-order valence-electron chi connectivity index (χ3n) is 2.41. The van der Waals surface area contributed by atoms with Crippen LogP contribution >= 0.6 is 0 Å². The third-order valence-corrected chi connectivity index (χ3v) is 2.41. The lowest BCUT2D eigenvalue weighted by Crippen LogP contribution is -2.16. The van der Waals surface area contributed by atoms with Crippen LogP contribution in [0.25, 0.3) is 0 Å². The normalized spacial score (nSPS) is 18.5. The van der Waals surface area contributed by atoms with E-state index in [9.17, 15) is 13.2 Å². The summed E-state index contributed by atoms with van der Waals surface area (Å²) in [6.45, 7) is 9.16. The number of nitrogens with zero attached hydrogens (tertiary/aromatic N) is 1. The Hall–Kier alpha value is -1.19. The van der Waals surface area contributed by atoms with Gasteiger partial charge in [-0.15, -0.1) is 0 Å². The Labute approximate surface area is 87.6 Å². The van der Waals surface area contributed by atoms with Crippen molar-refractivity contribution in [3.63, 3.8) is 0 Å². The van der Waals surface area contributed by atoms with Crippen molar-refractivity contribution in [3.8, 4) is 0 Å². The van der Waals surface area contributed by atoms with Gasteiger partial charge >= 0.3 is 6.18 Å². The Morgan fingerprint density at radius 2 is 2.07 bits per heavy atom. The topological polar surface area (TPSA) is 3.24 Å². The summed E-state index contributed by atoms with van der Waals surface area (Å²) >= 11 is 0. The molecule has 0 saturated carbocycles. The van der Waals surface area contributed by atoms with E-state index in [4.69, 9.17) is 0 Å². The standard InChI is InChI=1S/C11H14F3N/c1-8(11(12,13)14)7-10(3)15-6-4-5-9(15)2/h7H,2-6H2,1H3/b8-7+. The lowest BCUT2D eigenvalue weighted by Gasteiger charge is -2.20. The summed E-state index contributed by atoms with van der Waals surface area (Å²) in [5.41, 5.74) is 0.575. The maximum absolute atomic E-state index is 12.2. The number of rotatable bonds is 2. The van der Waals surface area contributed by atoms with Gasteiger partial charge in [-0.2, -0.15) is 13.2 Å². The van der Waals surface area contributed by atoms with Crippen LogP contribution in [0.15, 0.2) is 36.2 Å². The maximum Gasteiger partial charge on any atom is 0.412 e. The molecule has 84 valence electrons. The molecule has 0 N–H and O–H groups in total. The lowest BCUT2D eigenvalue weighted by molar-refractivity contribution is -0.0914. The minimum atomic E-state index is -4.27. The fraction of sp³-hybridized carbons (Fsp3) is 0.455. The number of alkyl halides is 3. The van der Waals surface area contributed by atoms with Gasteiger partial charge in [0.05, 0.1) is 0 Å². The Kier molecular flexibility index (Phi) is 3.27. The Balaban J connectivity index is 2.74. The van der Waals surface area contributed by atoms with E-state index in [0.29, 0.717) is 12.2 Å². The van der Waals surface area contributed by atoms with E-state index in [1.165, 1.54) is 0 Å². The van der Waals surface area contributed by atoms with Gasteiger partial charge in [0.15, 0.2) is 0 Å². The SMILES string of the molecule is C=C(/C=C(\C)C(F)(F)F)N1CCCC1=C. The van der Waals surface area contributed by atoms with Crippen molar-refractivity contribution in [3.05, 3.63) is 36.2 Å². The molecule has 4 heteroatoms. The minimum absolute atomic E-state index is 0.368. The van der Waals surface area contributed by atoms with Crippen LogP contribution in [0.1, 0.15) is 19.8 Å². The second-order valence-corrected chi connectivity index (χ2v) is 3.64. The van der Waals surface area contributed by atoms with E-state index >= 15 is 0 Å². The highest BCUT2D eigenvalue weighted by Crippen LogP contribution is 2.29. The van der Waals surface area contributed by atoms with Gasteiger partial charge in [0.2, 0.25) is 0 Å². The molecule has 1 aliphatic heterocycles. The van der Waals surface area contributed by atoms with Gasteiger partial charge in [-0.3, -0.25) is 0 Å². The predicted molar refractivity (Wildman–Crippen MR) is 54.0 cm³/mol. The molecule has 1 heterocycles. The molecule has 1 nitrogen and oxygen atoms in total. The third kappa shape index (κ3) is 2.88. The first kappa shape index (κ1) is 11.9. The molecule has 0 atom stereocenters. The Morgan fingerprint density at radius 3 is 2.47 bits per heavy atom. The zero-order valence-electron chi connectivity index (χ0n) is 8.69. The summed E-state index contributed by atoms with van der Waals surface area (Å²) in [5, 5.41) is 0. The molecule has 0 unspecified atom stereocenters. The predicted octanol–water partition coefficient (Wildman–Crippen LogP) is 3.62. The average molecular weight is 217 g/mol. The van der Waals surface area contributed by atoms with Gasteiger partial charge in [0, 0.05) is 23.5 Å². The van der Waals surface area contributed by atoms with Crippen LogP contribution in [0.2, 0.25) is 0 Å². The Bertz CT molecular complexity index is 312. The average Bonchev–Trinajstić information content (AvgIpc) is 2.49. The van der Waals surface area contributed by atoms with Crippen molar-refractivity contribution in [1.82, 2.24) is 4.90 Å². The van der Waals surface area contributed by atoms with E-state index in [2.05, 4.69) is 13.2 Å². The molecular weight excluding hydrogens is 203 g/mol. The van der Waals surface area contributed by atoms with Crippen molar-refractivity contribution < 1.29 is 13.2 Å². The molecule has 1 fully saturated rings. The van der Waals surface area contributed by atoms with Crippen LogP contribution in [0, 0.1) is 0 Å². The van der Waals surface area contributed by atoms with E-state index in [1.54, 1.807) is 4.90 Å². The maximum atomic E-state index is 12.2. The van der Waals surface area contributed by atoms with E-state index in [-0.39, 0.29) is 0 Å². The van der Waals surface area contributed by atoms with Crippen LogP contribution in [-0.4, -0.2) is 17.6 Å². The molecule has 0 aromatic heterocycles. The van der Waals surface area contributed by atoms with Crippen molar-refractivity contribution in [2.24, 2.45) is 0 Å². The summed E-state index contributed by atoms with van der Waals surface area (Å²) in [5.74, 6) is 0. The van der Waals surface area contributed by atoms with Gasteiger partial charge in [-0.1, -0.05) is 13.2 Å². The second-order valence-electron chi connectivity index (χ2n) is 3.64. The smallest absolute Gasteiger partial charge is 0.346 e. The van der Waals surface area contributed by atoms with Gasteiger partial charge in [-0.25, -0.2) is 0 Å². The molecule has 1 aliphatic rings. The molecule has 0 aromatic rings. The van der Waals surface area contributed by atoms with Crippen LogP contribution in [0.4, 0.5) is 13.2 Å². The molecule has 0 amide bonds. The van der Waals surface area contributed by atoms with Gasteiger partial charge < -0.3 is 4.90 Å².